The van der Waals surface area contributed by atoms with Gasteiger partial charge in [-0.25, -0.2) is 4.98 Å². The summed E-state index contributed by atoms with van der Waals surface area (Å²) in [4.78, 5) is 31.4. The van der Waals surface area contributed by atoms with Crippen LogP contribution in [0.1, 0.15) is 13.3 Å². The Hall–Kier alpha value is -2.48. The molecule has 0 bridgehead atoms. The Morgan fingerprint density at radius 3 is 2.96 bits per heavy atom. The SMILES string of the molecule is CC(=O)NCC1CC1C(=O)NC(N)=Nc1nc2ccccc2s1. The number of aromatic nitrogens is 1. The number of nitrogens with one attached hydrogen (secondary N) is 2. The van der Waals surface area contributed by atoms with E-state index in [-0.39, 0.29) is 29.6 Å². The van der Waals surface area contributed by atoms with Crippen LogP contribution in [0.5, 0.6) is 0 Å². The van der Waals surface area contributed by atoms with Gasteiger partial charge in [0.05, 0.1) is 10.2 Å². The largest absolute Gasteiger partial charge is 0.369 e. The van der Waals surface area contributed by atoms with E-state index < -0.39 is 0 Å². The fourth-order valence-electron chi connectivity index (χ4n) is 2.33. The highest BCUT2D eigenvalue weighted by molar-refractivity contribution is 7.22. The molecule has 1 aromatic heterocycles. The number of guanidine groups is 1. The molecule has 1 aliphatic carbocycles. The smallest absolute Gasteiger partial charge is 0.230 e. The average molecular weight is 331 g/mol. The van der Waals surface area contributed by atoms with E-state index in [1.54, 1.807) is 0 Å². The van der Waals surface area contributed by atoms with Gasteiger partial charge in [0.15, 0.2) is 0 Å². The molecule has 0 aliphatic heterocycles. The molecule has 2 aromatic rings. The first-order valence-electron chi connectivity index (χ1n) is 7.28. The fraction of sp³-hybridized carbons (Fsp3) is 0.333. The van der Waals surface area contributed by atoms with E-state index in [1.165, 1.54) is 18.3 Å². The molecule has 1 heterocycles. The molecule has 23 heavy (non-hydrogen) atoms. The van der Waals surface area contributed by atoms with E-state index in [4.69, 9.17) is 5.73 Å². The molecule has 0 spiro atoms. The molecule has 2 amide bonds. The standard InChI is InChI=1S/C15H17N5O2S/c1-8(21)17-7-9-6-10(9)13(22)19-14(16)20-15-18-11-4-2-3-5-12(11)23-15/h2-5,9-10H,6-7H2,1H3,(H,17,21)(H3,16,18,19,20,22). The molecular formula is C15H17N5O2S. The number of benzene rings is 1. The Morgan fingerprint density at radius 2 is 2.22 bits per heavy atom. The van der Waals surface area contributed by atoms with Crippen molar-refractivity contribution >= 4 is 44.5 Å². The number of carbonyl (C=O) groups excluding carboxylic acids is 2. The van der Waals surface area contributed by atoms with Crippen molar-refractivity contribution in [2.24, 2.45) is 22.6 Å². The minimum atomic E-state index is -0.164. The van der Waals surface area contributed by atoms with Gasteiger partial charge in [-0.15, -0.1) is 0 Å². The number of amides is 2. The van der Waals surface area contributed by atoms with E-state index >= 15 is 0 Å². The van der Waals surface area contributed by atoms with Gasteiger partial charge in [-0.3, -0.25) is 14.9 Å². The molecule has 0 radical (unpaired) electrons. The number of fused-ring (bicyclic) bond motifs is 1. The summed E-state index contributed by atoms with van der Waals surface area (Å²) in [5.41, 5.74) is 6.63. The van der Waals surface area contributed by atoms with Gasteiger partial charge in [0.25, 0.3) is 0 Å². The van der Waals surface area contributed by atoms with Crippen molar-refractivity contribution in [3.63, 3.8) is 0 Å². The molecule has 7 nitrogen and oxygen atoms in total. The zero-order valence-corrected chi connectivity index (χ0v) is 13.4. The Morgan fingerprint density at radius 1 is 1.43 bits per heavy atom. The van der Waals surface area contributed by atoms with Crippen LogP contribution in [0, 0.1) is 11.8 Å². The molecular weight excluding hydrogens is 314 g/mol. The monoisotopic (exact) mass is 331 g/mol. The summed E-state index contributed by atoms with van der Waals surface area (Å²) in [5, 5.41) is 5.82. The molecule has 4 N–H and O–H groups in total. The van der Waals surface area contributed by atoms with Crippen LogP contribution in [0.15, 0.2) is 29.3 Å². The molecule has 1 fully saturated rings. The minimum Gasteiger partial charge on any atom is -0.369 e. The highest BCUT2D eigenvalue weighted by Gasteiger charge is 2.42. The van der Waals surface area contributed by atoms with E-state index in [9.17, 15) is 9.59 Å². The first kappa shape index (κ1) is 15.4. The third-order valence-electron chi connectivity index (χ3n) is 3.62. The molecule has 8 heteroatoms. The van der Waals surface area contributed by atoms with Crippen LogP contribution >= 0.6 is 11.3 Å². The number of carbonyl (C=O) groups is 2. The number of nitrogens with two attached hydrogens (primary N) is 1. The topological polar surface area (TPSA) is 109 Å². The summed E-state index contributed by atoms with van der Waals surface area (Å²) in [6, 6.07) is 7.69. The summed E-state index contributed by atoms with van der Waals surface area (Å²) in [6.45, 7) is 1.97. The third-order valence-corrected chi connectivity index (χ3v) is 4.55. The van der Waals surface area contributed by atoms with E-state index in [0.29, 0.717) is 11.7 Å². The van der Waals surface area contributed by atoms with Crippen LogP contribution in [0.25, 0.3) is 10.2 Å². The second kappa shape index (κ2) is 6.33. The highest BCUT2D eigenvalue weighted by Crippen LogP contribution is 2.37. The van der Waals surface area contributed by atoms with Crippen LogP contribution < -0.4 is 16.4 Å². The Kier molecular flexibility index (Phi) is 4.24. The molecule has 0 saturated heterocycles. The molecule has 1 saturated carbocycles. The zero-order valence-electron chi connectivity index (χ0n) is 12.6. The number of hydrogen-bond donors (Lipinski definition) is 3. The number of nitrogens with zero attached hydrogens (tertiary/aromatic N) is 2. The van der Waals surface area contributed by atoms with Gasteiger partial charge in [0, 0.05) is 19.4 Å². The predicted molar refractivity (Wildman–Crippen MR) is 89.3 cm³/mol. The summed E-state index contributed by atoms with van der Waals surface area (Å²) in [7, 11) is 0. The van der Waals surface area contributed by atoms with Gasteiger partial charge in [0.2, 0.25) is 22.9 Å². The summed E-state index contributed by atoms with van der Waals surface area (Å²) < 4.78 is 1.02. The van der Waals surface area contributed by atoms with Crippen molar-refractivity contribution in [2.45, 2.75) is 13.3 Å². The van der Waals surface area contributed by atoms with Gasteiger partial charge in [-0.05, 0) is 24.5 Å². The number of aliphatic imine (C=N–C) groups is 1. The van der Waals surface area contributed by atoms with Gasteiger partial charge < -0.3 is 11.1 Å². The van der Waals surface area contributed by atoms with Gasteiger partial charge in [0.1, 0.15) is 0 Å². The minimum absolute atomic E-state index is 0.0410. The maximum absolute atomic E-state index is 12.0. The summed E-state index contributed by atoms with van der Waals surface area (Å²) in [5.74, 6) is -0.157. The first-order chi connectivity index (χ1) is 11.0. The quantitative estimate of drug-likeness (QED) is 0.576. The van der Waals surface area contributed by atoms with Crippen LogP contribution in [-0.4, -0.2) is 29.3 Å². The van der Waals surface area contributed by atoms with Crippen molar-refractivity contribution in [1.29, 1.82) is 0 Å². The number of rotatable bonds is 4. The lowest BCUT2D eigenvalue weighted by Crippen LogP contribution is -2.38. The predicted octanol–water partition coefficient (Wildman–Crippen LogP) is 1.13. The fourth-order valence-corrected chi connectivity index (χ4v) is 3.18. The second-order valence-corrected chi connectivity index (χ2v) is 6.50. The van der Waals surface area contributed by atoms with Crippen LogP contribution in [-0.2, 0) is 9.59 Å². The lowest BCUT2D eigenvalue weighted by molar-refractivity contribution is -0.122. The lowest BCUT2D eigenvalue weighted by atomic mass is 10.3. The van der Waals surface area contributed by atoms with E-state index in [2.05, 4.69) is 20.6 Å². The first-order valence-corrected chi connectivity index (χ1v) is 8.09. The van der Waals surface area contributed by atoms with Crippen molar-refractivity contribution in [3.05, 3.63) is 24.3 Å². The van der Waals surface area contributed by atoms with Crippen molar-refractivity contribution in [1.82, 2.24) is 15.6 Å². The molecule has 120 valence electrons. The maximum Gasteiger partial charge on any atom is 0.230 e. The Labute approximate surface area is 137 Å². The molecule has 1 aliphatic rings. The molecule has 3 rings (SSSR count). The van der Waals surface area contributed by atoms with Crippen LogP contribution in [0.4, 0.5) is 5.13 Å². The van der Waals surface area contributed by atoms with E-state index in [0.717, 1.165) is 16.6 Å². The highest BCUT2D eigenvalue weighted by atomic mass is 32.1. The maximum atomic E-state index is 12.0. The zero-order chi connectivity index (χ0) is 16.4. The molecule has 2 unspecified atom stereocenters. The average Bonchev–Trinajstić information content (AvgIpc) is 3.16. The lowest BCUT2D eigenvalue weighted by Gasteiger charge is -2.03. The van der Waals surface area contributed by atoms with E-state index in [1.807, 2.05) is 24.3 Å². The third kappa shape index (κ3) is 3.84. The van der Waals surface area contributed by atoms with Gasteiger partial charge in [-0.2, -0.15) is 4.99 Å². The van der Waals surface area contributed by atoms with Crippen LogP contribution in [0.3, 0.4) is 0 Å². The molecule has 2 atom stereocenters. The summed E-state index contributed by atoms with van der Waals surface area (Å²) in [6.07, 6.45) is 0.751. The number of thiazole rings is 1. The Bertz CT molecular complexity index is 752. The van der Waals surface area contributed by atoms with Crippen molar-refractivity contribution < 1.29 is 9.59 Å². The van der Waals surface area contributed by atoms with Crippen molar-refractivity contribution in [2.75, 3.05) is 6.54 Å². The second-order valence-electron chi connectivity index (χ2n) is 5.49. The summed E-state index contributed by atoms with van der Waals surface area (Å²) >= 11 is 1.41. The molecule has 1 aromatic carbocycles. The normalized spacial score (nSPS) is 20.3. The number of para-hydroxylation sites is 1. The van der Waals surface area contributed by atoms with Crippen molar-refractivity contribution in [3.8, 4) is 0 Å². The van der Waals surface area contributed by atoms with Gasteiger partial charge in [-0.1, -0.05) is 23.5 Å². The Balaban J connectivity index is 1.57. The van der Waals surface area contributed by atoms with Gasteiger partial charge >= 0.3 is 0 Å². The van der Waals surface area contributed by atoms with Crippen LogP contribution in [0.2, 0.25) is 0 Å². The number of hydrogen-bond acceptors (Lipinski definition) is 5.